The first-order valence-corrected chi connectivity index (χ1v) is 8.21. The molecule has 2 rings (SSSR count). The first-order valence-electron chi connectivity index (χ1n) is 8.21. The van der Waals surface area contributed by atoms with Gasteiger partial charge >= 0.3 is 5.97 Å². The summed E-state index contributed by atoms with van der Waals surface area (Å²) >= 11 is 0. The quantitative estimate of drug-likeness (QED) is 0.451. The standard InChI is InChI=1S/C17H21N3O6/c1-11-5-4-6-14(20(24)25)15(11)17(23)26-12(2)16(22)19-9-7-18(8-10-19)13(3)21/h4-6,12H,7-10H2,1-3H3. The van der Waals surface area contributed by atoms with Gasteiger partial charge in [0.05, 0.1) is 4.92 Å². The molecule has 9 heteroatoms. The summed E-state index contributed by atoms with van der Waals surface area (Å²) in [5.41, 5.74) is -0.109. The van der Waals surface area contributed by atoms with Crippen LogP contribution in [-0.2, 0) is 14.3 Å². The molecule has 0 aromatic heterocycles. The van der Waals surface area contributed by atoms with Gasteiger partial charge in [-0.25, -0.2) is 4.79 Å². The number of nitro groups is 1. The molecular weight excluding hydrogens is 342 g/mol. The Morgan fingerprint density at radius 3 is 2.27 bits per heavy atom. The molecule has 1 aliphatic rings. The molecule has 1 aromatic rings. The number of carbonyl (C=O) groups is 3. The minimum absolute atomic E-state index is 0.0524. The fourth-order valence-corrected chi connectivity index (χ4v) is 2.84. The Morgan fingerprint density at radius 1 is 1.15 bits per heavy atom. The van der Waals surface area contributed by atoms with Crippen LogP contribution in [0.2, 0.25) is 0 Å². The second kappa shape index (κ2) is 7.94. The van der Waals surface area contributed by atoms with Crippen molar-refractivity contribution in [3.8, 4) is 0 Å². The lowest BCUT2D eigenvalue weighted by atomic mass is 10.1. The van der Waals surface area contributed by atoms with Gasteiger partial charge < -0.3 is 14.5 Å². The molecule has 9 nitrogen and oxygen atoms in total. The third kappa shape index (κ3) is 4.16. The first kappa shape index (κ1) is 19.4. The number of amides is 2. The Balaban J connectivity index is 2.05. The van der Waals surface area contributed by atoms with Crippen molar-refractivity contribution >= 4 is 23.5 Å². The normalized spacial score (nSPS) is 15.3. The van der Waals surface area contributed by atoms with E-state index in [1.807, 2.05) is 0 Å². The first-order chi connectivity index (χ1) is 12.2. The number of rotatable bonds is 4. The number of carbonyl (C=O) groups excluding carboxylic acids is 3. The van der Waals surface area contributed by atoms with Gasteiger partial charge in [0.2, 0.25) is 5.91 Å². The number of esters is 1. The van der Waals surface area contributed by atoms with E-state index in [2.05, 4.69) is 0 Å². The van der Waals surface area contributed by atoms with Crippen LogP contribution in [0.5, 0.6) is 0 Å². The maximum Gasteiger partial charge on any atom is 0.346 e. The van der Waals surface area contributed by atoms with Crippen molar-refractivity contribution in [2.24, 2.45) is 0 Å². The molecule has 0 spiro atoms. The van der Waals surface area contributed by atoms with Gasteiger partial charge in [0, 0.05) is 39.2 Å². The highest BCUT2D eigenvalue weighted by molar-refractivity contribution is 5.97. The predicted molar refractivity (Wildman–Crippen MR) is 91.5 cm³/mol. The van der Waals surface area contributed by atoms with Gasteiger partial charge in [-0.3, -0.25) is 19.7 Å². The van der Waals surface area contributed by atoms with E-state index >= 15 is 0 Å². The molecule has 140 valence electrons. The van der Waals surface area contributed by atoms with Gasteiger partial charge in [0.15, 0.2) is 6.10 Å². The summed E-state index contributed by atoms with van der Waals surface area (Å²) in [7, 11) is 0. The second-order valence-electron chi connectivity index (χ2n) is 6.11. The lowest BCUT2D eigenvalue weighted by molar-refractivity contribution is -0.385. The van der Waals surface area contributed by atoms with E-state index in [9.17, 15) is 24.5 Å². The molecule has 1 aromatic carbocycles. The van der Waals surface area contributed by atoms with Gasteiger partial charge in [0.25, 0.3) is 11.6 Å². The number of ether oxygens (including phenoxy) is 1. The van der Waals surface area contributed by atoms with Crippen LogP contribution in [-0.4, -0.2) is 64.8 Å². The smallest absolute Gasteiger partial charge is 0.346 e. The molecular formula is C17H21N3O6. The number of nitro benzene ring substituents is 1. The largest absolute Gasteiger partial charge is 0.449 e. The molecule has 1 atom stereocenters. The number of nitrogens with zero attached hydrogens (tertiary/aromatic N) is 3. The molecule has 0 aliphatic carbocycles. The Labute approximate surface area is 150 Å². The van der Waals surface area contributed by atoms with Crippen LogP contribution in [0.25, 0.3) is 0 Å². The minimum Gasteiger partial charge on any atom is -0.449 e. The average molecular weight is 363 g/mol. The van der Waals surface area contributed by atoms with Gasteiger partial charge in [-0.15, -0.1) is 0 Å². The Morgan fingerprint density at radius 2 is 1.73 bits per heavy atom. The van der Waals surface area contributed by atoms with Crippen molar-refractivity contribution in [3.63, 3.8) is 0 Å². The van der Waals surface area contributed by atoms with Crippen molar-refractivity contribution in [3.05, 3.63) is 39.4 Å². The van der Waals surface area contributed by atoms with Crippen LogP contribution >= 0.6 is 0 Å². The summed E-state index contributed by atoms with van der Waals surface area (Å²) in [5.74, 6) is -1.35. The molecule has 0 N–H and O–H groups in total. The third-order valence-corrected chi connectivity index (χ3v) is 4.32. The summed E-state index contributed by atoms with van der Waals surface area (Å²) in [6.07, 6.45) is -1.08. The summed E-state index contributed by atoms with van der Waals surface area (Å²) in [6.45, 7) is 6.02. The summed E-state index contributed by atoms with van der Waals surface area (Å²) < 4.78 is 5.18. The molecule has 0 bridgehead atoms. The molecule has 1 aliphatic heterocycles. The zero-order chi connectivity index (χ0) is 19.4. The Hall–Kier alpha value is -2.97. The topological polar surface area (TPSA) is 110 Å². The number of hydrogen-bond acceptors (Lipinski definition) is 6. The van der Waals surface area contributed by atoms with Crippen molar-refractivity contribution in [2.45, 2.75) is 26.9 Å². The van der Waals surface area contributed by atoms with E-state index in [4.69, 9.17) is 4.74 Å². The molecule has 1 heterocycles. The molecule has 1 unspecified atom stereocenters. The van der Waals surface area contributed by atoms with Crippen LogP contribution in [0.3, 0.4) is 0 Å². The fourth-order valence-electron chi connectivity index (χ4n) is 2.84. The lowest BCUT2D eigenvalue weighted by Gasteiger charge is -2.35. The summed E-state index contributed by atoms with van der Waals surface area (Å²) in [5, 5.41) is 11.1. The van der Waals surface area contributed by atoms with E-state index < -0.39 is 22.9 Å². The van der Waals surface area contributed by atoms with E-state index in [1.165, 1.54) is 30.9 Å². The third-order valence-electron chi connectivity index (χ3n) is 4.32. The van der Waals surface area contributed by atoms with E-state index in [0.717, 1.165) is 0 Å². The number of piperazine rings is 1. The van der Waals surface area contributed by atoms with Crippen LogP contribution < -0.4 is 0 Å². The van der Waals surface area contributed by atoms with Crippen molar-refractivity contribution in [1.29, 1.82) is 0 Å². The number of benzene rings is 1. The lowest BCUT2D eigenvalue weighted by Crippen LogP contribution is -2.52. The SMILES string of the molecule is CC(=O)N1CCN(C(=O)C(C)OC(=O)c2c(C)cccc2[N+](=O)[O-])CC1. The van der Waals surface area contributed by atoms with Gasteiger partial charge in [-0.2, -0.15) is 0 Å². The molecule has 0 saturated carbocycles. The van der Waals surface area contributed by atoms with Crippen LogP contribution in [0, 0.1) is 17.0 Å². The zero-order valence-corrected chi connectivity index (χ0v) is 14.9. The summed E-state index contributed by atoms with van der Waals surface area (Å²) in [6, 6.07) is 4.27. The molecule has 26 heavy (non-hydrogen) atoms. The molecule has 1 saturated heterocycles. The van der Waals surface area contributed by atoms with Gasteiger partial charge in [-0.05, 0) is 19.4 Å². The minimum atomic E-state index is -1.08. The van der Waals surface area contributed by atoms with Gasteiger partial charge in [0.1, 0.15) is 5.56 Å². The van der Waals surface area contributed by atoms with Crippen molar-refractivity contribution < 1.29 is 24.0 Å². The highest BCUT2D eigenvalue weighted by Crippen LogP contribution is 2.23. The zero-order valence-electron chi connectivity index (χ0n) is 14.9. The van der Waals surface area contributed by atoms with E-state index in [0.29, 0.717) is 31.7 Å². The number of hydrogen-bond donors (Lipinski definition) is 0. The van der Waals surface area contributed by atoms with E-state index in [-0.39, 0.29) is 17.2 Å². The van der Waals surface area contributed by atoms with Gasteiger partial charge in [-0.1, -0.05) is 12.1 Å². The van der Waals surface area contributed by atoms with Crippen LogP contribution in [0.1, 0.15) is 29.8 Å². The predicted octanol–water partition coefficient (Wildman–Crippen LogP) is 1.14. The fraction of sp³-hybridized carbons (Fsp3) is 0.471. The van der Waals surface area contributed by atoms with E-state index in [1.54, 1.807) is 17.9 Å². The molecule has 2 amide bonds. The van der Waals surface area contributed by atoms with Crippen molar-refractivity contribution in [2.75, 3.05) is 26.2 Å². The number of aryl methyl sites for hydroxylation is 1. The Bertz CT molecular complexity index is 740. The second-order valence-corrected chi connectivity index (χ2v) is 6.11. The average Bonchev–Trinajstić information content (AvgIpc) is 2.60. The summed E-state index contributed by atoms with van der Waals surface area (Å²) in [4.78, 5) is 49.8. The highest BCUT2D eigenvalue weighted by Gasteiger charge is 2.30. The highest BCUT2D eigenvalue weighted by atomic mass is 16.6. The maximum absolute atomic E-state index is 12.5. The molecule has 1 fully saturated rings. The maximum atomic E-state index is 12.5. The van der Waals surface area contributed by atoms with Crippen LogP contribution in [0.15, 0.2) is 18.2 Å². The molecule has 0 radical (unpaired) electrons. The monoisotopic (exact) mass is 363 g/mol. The Kier molecular flexibility index (Phi) is 5.91. The van der Waals surface area contributed by atoms with Crippen molar-refractivity contribution in [1.82, 2.24) is 9.80 Å². The van der Waals surface area contributed by atoms with Crippen LogP contribution in [0.4, 0.5) is 5.69 Å².